The van der Waals surface area contributed by atoms with Crippen LogP contribution in [0, 0.1) is 34.8 Å². The van der Waals surface area contributed by atoms with E-state index in [9.17, 15) is 20.0 Å². The Morgan fingerprint density at radius 3 is 2.76 bits per heavy atom. The third-order valence-corrected chi connectivity index (χ3v) is 4.98. The van der Waals surface area contributed by atoms with E-state index in [2.05, 4.69) is 10.3 Å². The molecule has 3 rings (SSSR count). The van der Waals surface area contributed by atoms with Gasteiger partial charge < -0.3 is 20.5 Å². The minimum atomic E-state index is -0.818. The van der Waals surface area contributed by atoms with Crippen molar-refractivity contribution in [3.05, 3.63) is 15.9 Å². The molecular weight excluding hydrogens is 276 g/mol. The molecule has 0 amide bonds. The van der Waals surface area contributed by atoms with Crippen molar-refractivity contribution in [2.45, 2.75) is 32.2 Å². The number of carbonyl (C=O) groups is 1. The Bertz CT molecular complexity index is 612. The number of nitro groups is 1. The molecule has 0 saturated heterocycles. The minimum absolute atomic E-state index is 0.179. The second-order valence-electron chi connectivity index (χ2n) is 6.01. The van der Waals surface area contributed by atoms with Gasteiger partial charge in [0.15, 0.2) is 0 Å². The number of rotatable bonds is 4. The average Bonchev–Trinajstić information content (AvgIpc) is 3.07. The molecule has 2 aliphatic rings. The van der Waals surface area contributed by atoms with Crippen molar-refractivity contribution in [1.82, 2.24) is 9.55 Å². The van der Waals surface area contributed by atoms with Crippen molar-refractivity contribution in [1.29, 1.82) is 0 Å². The number of carboxylic acids is 1. The Labute approximate surface area is 121 Å². The van der Waals surface area contributed by atoms with Crippen LogP contribution in [0.4, 0.5) is 11.6 Å². The molecule has 0 aromatic carbocycles. The number of imidazole rings is 1. The molecule has 1 aromatic heterocycles. The standard InChI is InChI=1S/C13H18N4O4/c1-6-14-12(17(20)21)11(16(6)2)15-10-8-4-3-7(5-8)9(10)13(18)19/h7-10,15H,3-5H2,1-2H3,(H,18,19). The summed E-state index contributed by atoms with van der Waals surface area (Å²) in [6.07, 6.45) is 2.81. The van der Waals surface area contributed by atoms with E-state index in [0.29, 0.717) is 11.6 Å². The van der Waals surface area contributed by atoms with Crippen LogP contribution < -0.4 is 5.32 Å². The van der Waals surface area contributed by atoms with Crippen molar-refractivity contribution in [3.63, 3.8) is 0 Å². The zero-order valence-electron chi connectivity index (χ0n) is 11.9. The molecule has 2 N–H and O–H groups in total. The largest absolute Gasteiger partial charge is 0.481 e. The van der Waals surface area contributed by atoms with Gasteiger partial charge in [0.2, 0.25) is 11.6 Å². The monoisotopic (exact) mass is 294 g/mol. The zero-order chi connectivity index (χ0) is 15.3. The summed E-state index contributed by atoms with van der Waals surface area (Å²) in [6.45, 7) is 1.69. The summed E-state index contributed by atoms with van der Waals surface area (Å²) in [5.74, 6) is -0.244. The lowest BCUT2D eigenvalue weighted by Gasteiger charge is -2.29. The first-order chi connectivity index (χ1) is 9.90. The highest BCUT2D eigenvalue weighted by Gasteiger charge is 2.51. The normalized spacial score (nSPS) is 30.6. The molecule has 0 aliphatic heterocycles. The first kappa shape index (κ1) is 13.8. The van der Waals surface area contributed by atoms with E-state index < -0.39 is 16.8 Å². The molecule has 2 bridgehead atoms. The fourth-order valence-electron chi connectivity index (χ4n) is 3.89. The number of hydrogen-bond donors (Lipinski definition) is 2. The lowest BCUT2D eigenvalue weighted by Crippen LogP contribution is -2.39. The molecule has 21 heavy (non-hydrogen) atoms. The van der Waals surface area contributed by atoms with Crippen LogP contribution in [0.3, 0.4) is 0 Å². The van der Waals surface area contributed by atoms with E-state index in [4.69, 9.17) is 0 Å². The van der Waals surface area contributed by atoms with Gasteiger partial charge in [-0.2, -0.15) is 0 Å². The van der Waals surface area contributed by atoms with Crippen LogP contribution in [0.25, 0.3) is 0 Å². The van der Waals surface area contributed by atoms with Gasteiger partial charge in [-0.1, -0.05) is 0 Å². The Balaban J connectivity index is 1.93. The molecule has 4 unspecified atom stereocenters. The van der Waals surface area contributed by atoms with Gasteiger partial charge in [-0.05, 0) is 41.0 Å². The second-order valence-corrected chi connectivity index (χ2v) is 6.01. The quantitative estimate of drug-likeness (QED) is 0.644. The molecule has 2 aliphatic carbocycles. The summed E-state index contributed by atoms with van der Waals surface area (Å²) in [4.78, 5) is 26.0. The summed E-state index contributed by atoms with van der Waals surface area (Å²) < 4.78 is 1.61. The smallest absolute Gasteiger partial charge is 0.406 e. The number of fused-ring (bicyclic) bond motifs is 2. The number of aromatic nitrogens is 2. The predicted octanol–water partition coefficient (Wildman–Crippen LogP) is 1.55. The molecule has 0 spiro atoms. The Hall–Kier alpha value is -2.12. The molecule has 1 aromatic rings. The van der Waals surface area contributed by atoms with E-state index in [0.717, 1.165) is 19.3 Å². The predicted molar refractivity (Wildman–Crippen MR) is 74.0 cm³/mol. The van der Waals surface area contributed by atoms with Crippen molar-refractivity contribution in [2.75, 3.05) is 5.32 Å². The number of aryl methyl sites for hydroxylation is 1. The van der Waals surface area contributed by atoms with Crippen LogP contribution in [-0.4, -0.2) is 31.6 Å². The molecular formula is C13H18N4O4. The summed E-state index contributed by atoms with van der Waals surface area (Å²) in [6, 6.07) is -0.255. The fraction of sp³-hybridized carbons (Fsp3) is 0.692. The van der Waals surface area contributed by atoms with Crippen LogP contribution in [0.5, 0.6) is 0 Å². The van der Waals surface area contributed by atoms with Gasteiger partial charge in [0, 0.05) is 20.0 Å². The molecule has 4 atom stereocenters. The summed E-state index contributed by atoms with van der Waals surface area (Å²) in [5.41, 5.74) is 0. The van der Waals surface area contributed by atoms with Gasteiger partial charge in [-0.15, -0.1) is 0 Å². The summed E-state index contributed by atoms with van der Waals surface area (Å²) in [5, 5.41) is 23.7. The van der Waals surface area contributed by atoms with E-state index in [1.165, 1.54) is 0 Å². The van der Waals surface area contributed by atoms with E-state index in [1.807, 2.05) is 0 Å². The van der Waals surface area contributed by atoms with Gasteiger partial charge in [0.25, 0.3) is 0 Å². The topological polar surface area (TPSA) is 110 Å². The molecule has 8 nitrogen and oxygen atoms in total. The van der Waals surface area contributed by atoms with Gasteiger partial charge >= 0.3 is 11.8 Å². The van der Waals surface area contributed by atoms with Crippen LogP contribution in [0.15, 0.2) is 0 Å². The van der Waals surface area contributed by atoms with Gasteiger partial charge in [0.1, 0.15) is 0 Å². The Kier molecular flexibility index (Phi) is 3.11. The molecule has 0 radical (unpaired) electrons. The van der Waals surface area contributed by atoms with E-state index >= 15 is 0 Å². The van der Waals surface area contributed by atoms with Crippen LogP contribution in [-0.2, 0) is 11.8 Å². The number of carboxylic acid groups (broad SMARTS) is 1. The molecule has 114 valence electrons. The van der Waals surface area contributed by atoms with Gasteiger partial charge in [-0.25, -0.2) is 0 Å². The van der Waals surface area contributed by atoms with Crippen molar-refractivity contribution >= 4 is 17.6 Å². The summed E-state index contributed by atoms with van der Waals surface area (Å²) >= 11 is 0. The van der Waals surface area contributed by atoms with E-state index in [1.54, 1.807) is 18.5 Å². The van der Waals surface area contributed by atoms with Crippen molar-refractivity contribution in [2.24, 2.45) is 24.8 Å². The van der Waals surface area contributed by atoms with Gasteiger partial charge in [-0.3, -0.25) is 9.36 Å². The maximum absolute atomic E-state index is 11.5. The molecule has 1 heterocycles. The lowest BCUT2D eigenvalue weighted by atomic mass is 9.84. The highest BCUT2D eigenvalue weighted by molar-refractivity contribution is 5.73. The van der Waals surface area contributed by atoms with Crippen molar-refractivity contribution < 1.29 is 14.8 Å². The Morgan fingerprint density at radius 2 is 2.14 bits per heavy atom. The Morgan fingerprint density at radius 1 is 1.48 bits per heavy atom. The van der Waals surface area contributed by atoms with Crippen LogP contribution in [0.2, 0.25) is 0 Å². The first-order valence-electron chi connectivity index (χ1n) is 7.07. The fourth-order valence-corrected chi connectivity index (χ4v) is 3.89. The number of nitrogens with zero attached hydrogens (tertiary/aromatic N) is 3. The SMILES string of the molecule is Cc1nc([N+](=O)[O-])c(NC2C3CCC(C3)C2C(=O)O)n1C. The van der Waals surface area contributed by atoms with Crippen LogP contribution in [0.1, 0.15) is 25.1 Å². The molecule has 8 heteroatoms. The number of nitrogens with one attached hydrogen (secondary N) is 1. The zero-order valence-corrected chi connectivity index (χ0v) is 11.9. The maximum atomic E-state index is 11.5. The van der Waals surface area contributed by atoms with E-state index in [-0.39, 0.29) is 23.7 Å². The third kappa shape index (κ3) is 2.05. The highest BCUT2D eigenvalue weighted by Crippen LogP contribution is 2.50. The third-order valence-electron chi connectivity index (χ3n) is 4.98. The molecule has 2 fully saturated rings. The minimum Gasteiger partial charge on any atom is -0.481 e. The number of aliphatic carboxylic acids is 1. The van der Waals surface area contributed by atoms with Gasteiger partial charge in [0.05, 0.1) is 5.92 Å². The summed E-state index contributed by atoms with van der Waals surface area (Å²) in [7, 11) is 1.70. The second kappa shape index (κ2) is 4.71. The highest BCUT2D eigenvalue weighted by atomic mass is 16.6. The van der Waals surface area contributed by atoms with Crippen molar-refractivity contribution in [3.8, 4) is 0 Å². The lowest BCUT2D eigenvalue weighted by molar-refractivity contribution is -0.388. The first-order valence-corrected chi connectivity index (χ1v) is 7.07. The number of hydrogen-bond acceptors (Lipinski definition) is 5. The molecule has 2 saturated carbocycles. The van der Waals surface area contributed by atoms with Crippen LogP contribution >= 0.6 is 0 Å². The maximum Gasteiger partial charge on any atom is 0.406 e. The number of anilines is 1. The average molecular weight is 294 g/mol.